The molecule has 8 heavy (non-hydrogen) atoms. The maximum Gasteiger partial charge on any atom is 0.349 e. The third-order valence-corrected chi connectivity index (χ3v) is 0.485. The zero-order valence-corrected chi connectivity index (χ0v) is 4.33. The summed E-state index contributed by atoms with van der Waals surface area (Å²) >= 11 is 0. The van der Waals surface area contributed by atoms with Gasteiger partial charge in [0.1, 0.15) is 0 Å². The predicted octanol–water partition coefficient (Wildman–Crippen LogP) is 0.146. The number of allylic oxidation sites excluding steroid dienone is 2. The highest BCUT2D eigenvalue weighted by Gasteiger charge is 1.86. The summed E-state index contributed by atoms with van der Waals surface area (Å²) in [6.07, 6.45) is 4.07. The summed E-state index contributed by atoms with van der Waals surface area (Å²) in [6, 6.07) is 0. The molecule has 0 aromatic heterocycles. The Morgan fingerprint density at radius 3 is 2.75 bits per heavy atom. The molecule has 0 aliphatic heterocycles. The van der Waals surface area contributed by atoms with Crippen molar-refractivity contribution in [1.82, 2.24) is 0 Å². The number of hydrogen-bond acceptors (Lipinski definition) is 3. The number of carbonyl (C=O) groups excluding carboxylic acids is 1. The minimum absolute atomic E-state index is 0.579. The number of nitrogens with two attached hydrogens (primary N) is 1. The lowest BCUT2D eigenvalue weighted by atomic mass is 10.5. The highest BCUT2D eigenvalue weighted by atomic mass is 16.7. The van der Waals surface area contributed by atoms with Gasteiger partial charge in [-0.05, 0) is 0 Å². The lowest BCUT2D eigenvalue weighted by Crippen LogP contribution is -2.05. The maximum absolute atomic E-state index is 10.1. The number of carbonyl (C=O) groups is 1. The molecule has 0 radical (unpaired) electrons. The standard InChI is InChI=1S/C5H7NO2/c1-2-3-4-5(7)8-6/h2-4H,1,6H2. The summed E-state index contributed by atoms with van der Waals surface area (Å²) in [5.41, 5.74) is 0. The van der Waals surface area contributed by atoms with Crippen LogP contribution in [0.15, 0.2) is 24.8 Å². The Hall–Kier alpha value is -1.09. The van der Waals surface area contributed by atoms with Crippen LogP contribution in [0.5, 0.6) is 0 Å². The third-order valence-electron chi connectivity index (χ3n) is 0.485. The van der Waals surface area contributed by atoms with Crippen molar-refractivity contribution < 1.29 is 9.63 Å². The first kappa shape index (κ1) is 6.91. The molecule has 44 valence electrons. The fourth-order valence-corrected chi connectivity index (χ4v) is 0.186. The molecule has 0 fully saturated rings. The Balaban J connectivity index is 3.52. The Labute approximate surface area is 47.4 Å². The van der Waals surface area contributed by atoms with E-state index in [1.165, 1.54) is 18.2 Å². The molecule has 0 aliphatic rings. The SMILES string of the molecule is C=CC=CC(=O)ON. The summed E-state index contributed by atoms with van der Waals surface area (Å²) in [4.78, 5) is 13.9. The van der Waals surface area contributed by atoms with Crippen LogP contribution in [0.25, 0.3) is 0 Å². The molecule has 0 saturated carbocycles. The van der Waals surface area contributed by atoms with Crippen molar-refractivity contribution in [3.8, 4) is 0 Å². The minimum atomic E-state index is -0.579. The molecule has 0 amide bonds. The highest BCUT2D eigenvalue weighted by Crippen LogP contribution is 1.74. The van der Waals surface area contributed by atoms with E-state index in [0.717, 1.165) is 0 Å². The molecule has 3 nitrogen and oxygen atoms in total. The van der Waals surface area contributed by atoms with Crippen molar-refractivity contribution in [2.45, 2.75) is 0 Å². The molecule has 0 bridgehead atoms. The highest BCUT2D eigenvalue weighted by molar-refractivity contribution is 5.81. The van der Waals surface area contributed by atoms with Crippen molar-refractivity contribution in [3.63, 3.8) is 0 Å². The van der Waals surface area contributed by atoms with Crippen molar-refractivity contribution >= 4 is 5.97 Å². The van der Waals surface area contributed by atoms with Crippen LogP contribution >= 0.6 is 0 Å². The molecule has 2 N–H and O–H groups in total. The van der Waals surface area contributed by atoms with Crippen LogP contribution in [-0.2, 0) is 9.63 Å². The number of rotatable bonds is 2. The van der Waals surface area contributed by atoms with Gasteiger partial charge in [-0.3, -0.25) is 0 Å². The molecule has 0 heterocycles. The van der Waals surface area contributed by atoms with E-state index >= 15 is 0 Å². The van der Waals surface area contributed by atoms with E-state index in [1.807, 2.05) is 0 Å². The van der Waals surface area contributed by atoms with Crippen molar-refractivity contribution in [3.05, 3.63) is 24.8 Å². The van der Waals surface area contributed by atoms with Gasteiger partial charge in [-0.2, -0.15) is 5.90 Å². The molecule has 3 heteroatoms. The van der Waals surface area contributed by atoms with E-state index in [4.69, 9.17) is 0 Å². The Bertz CT molecular complexity index is 118. The van der Waals surface area contributed by atoms with Gasteiger partial charge in [0.2, 0.25) is 0 Å². The molecule has 0 aromatic rings. The second-order valence-corrected chi connectivity index (χ2v) is 1.03. The van der Waals surface area contributed by atoms with Gasteiger partial charge in [-0.25, -0.2) is 4.79 Å². The molecule has 0 saturated heterocycles. The fraction of sp³-hybridized carbons (Fsp3) is 0. The normalized spacial score (nSPS) is 9.12. The third kappa shape index (κ3) is 3.11. The summed E-state index contributed by atoms with van der Waals surface area (Å²) < 4.78 is 0. The van der Waals surface area contributed by atoms with Crippen molar-refractivity contribution in [2.24, 2.45) is 5.90 Å². The maximum atomic E-state index is 10.1. The molecule has 0 unspecified atom stereocenters. The molecule has 0 aliphatic carbocycles. The summed E-state index contributed by atoms with van der Waals surface area (Å²) in [5, 5.41) is 0. The van der Waals surface area contributed by atoms with Crippen molar-refractivity contribution in [2.75, 3.05) is 0 Å². The minimum Gasteiger partial charge on any atom is -0.370 e. The molecular formula is C5H7NO2. The lowest BCUT2D eigenvalue weighted by Gasteiger charge is -1.83. The van der Waals surface area contributed by atoms with E-state index < -0.39 is 5.97 Å². The number of hydrogen-bond donors (Lipinski definition) is 1. The van der Waals surface area contributed by atoms with E-state index in [-0.39, 0.29) is 0 Å². The molecular weight excluding hydrogens is 106 g/mol. The fourth-order valence-electron chi connectivity index (χ4n) is 0.186. The van der Waals surface area contributed by atoms with Gasteiger partial charge >= 0.3 is 5.97 Å². The van der Waals surface area contributed by atoms with Gasteiger partial charge in [0.05, 0.1) is 0 Å². The molecule has 0 atom stereocenters. The average molecular weight is 113 g/mol. The van der Waals surface area contributed by atoms with Crippen LogP contribution in [0.4, 0.5) is 0 Å². The summed E-state index contributed by atoms with van der Waals surface area (Å²) in [6.45, 7) is 3.33. The van der Waals surface area contributed by atoms with Crippen LogP contribution in [0.1, 0.15) is 0 Å². The zero-order chi connectivity index (χ0) is 6.41. The van der Waals surface area contributed by atoms with E-state index in [2.05, 4.69) is 17.3 Å². The quantitative estimate of drug-likeness (QED) is 0.315. The zero-order valence-electron chi connectivity index (χ0n) is 4.33. The smallest absolute Gasteiger partial charge is 0.349 e. The van der Waals surface area contributed by atoms with Gasteiger partial charge in [0.25, 0.3) is 0 Å². The first-order valence-corrected chi connectivity index (χ1v) is 2.01. The first-order chi connectivity index (χ1) is 3.81. The lowest BCUT2D eigenvalue weighted by molar-refractivity contribution is -0.138. The Morgan fingerprint density at radius 1 is 1.75 bits per heavy atom. The van der Waals surface area contributed by atoms with Crippen LogP contribution in [0, 0.1) is 0 Å². The van der Waals surface area contributed by atoms with Crippen LogP contribution < -0.4 is 5.90 Å². The van der Waals surface area contributed by atoms with Gasteiger partial charge in [0, 0.05) is 6.08 Å². The molecule has 0 aromatic carbocycles. The average Bonchev–Trinajstić information content (AvgIpc) is 1.83. The van der Waals surface area contributed by atoms with E-state index in [1.54, 1.807) is 0 Å². The first-order valence-electron chi connectivity index (χ1n) is 2.01. The topological polar surface area (TPSA) is 52.3 Å². The van der Waals surface area contributed by atoms with Gasteiger partial charge < -0.3 is 4.84 Å². The monoisotopic (exact) mass is 113 g/mol. The molecule has 0 spiro atoms. The predicted molar refractivity (Wildman–Crippen MR) is 29.6 cm³/mol. The van der Waals surface area contributed by atoms with Gasteiger partial charge in [-0.15, -0.1) is 0 Å². The summed E-state index contributed by atoms with van der Waals surface area (Å²) in [5.74, 6) is 3.90. The Kier molecular flexibility index (Phi) is 3.52. The largest absolute Gasteiger partial charge is 0.370 e. The summed E-state index contributed by atoms with van der Waals surface area (Å²) in [7, 11) is 0. The van der Waals surface area contributed by atoms with Crippen molar-refractivity contribution in [1.29, 1.82) is 0 Å². The van der Waals surface area contributed by atoms with Crippen LogP contribution in [0.2, 0.25) is 0 Å². The second kappa shape index (κ2) is 4.08. The van der Waals surface area contributed by atoms with Gasteiger partial charge in [-0.1, -0.05) is 18.7 Å². The van der Waals surface area contributed by atoms with Crippen LogP contribution in [0.3, 0.4) is 0 Å². The molecule has 0 rings (SSSR count). The van der Waals surface area contributed by atoms with E-state index in [0.29, 0.717) is 0 Å². The van der Waals surface area contributed by atoms with Gasteiger partial charge in [0.15, 0.2) is 0 Å². The van der Waals surface area contributed by atoms with Crippen LogP contribution in [-0.4, -0.2) is 5.97 Å². The second-order valence-electron chi connectivity index (χ2n) is 1.03. The Morgan fingerprint density at radius 2 is 2.38 bits per heavy atom. The van der Waals surface area contributed by atoms with E-state index in [9.17, 15) is 4.79 Å².